The van der Waals surface area contributed by atoms with Crippen LogP contribution < -0.4 is 0 Å². The van der Waals surface area contributed by atoms with Crippen molar-refractivity contribution in [2.75, 3.05) is 19.7 Å². The highest BCUT2D eigenvalue weighted by molar-refractivity contribution is 5.79. The van der Waals surface area contributed by atoms with Gasteiger partial charge in [0, 0.05) is 13.2 Å². The summed E-state index contributed by atoms with van der Waals surface area (Å²) in [6.45, 7) is 0.0955. The Labute approximate surface area is 75.1 Å². The van der Waals surface area contributed by atoms with E-state index in [1.165, 1.54) is 4.90 Å². The molecule has 0 saturated heterocycles. The van der Waals surface area contributed by atoms with Crippen molar-refractivity contribution in [2.24, 2.45) is 4.99 Å². The first-order chi connectivity index (χ1) is 6.13. The number of hydrogen-bond acceptors (Lipinski definition) is 4. The summed E-state index contributed by atoms with van der Waals surface area (Å²) in [6, 6.07) is -0.440. The molecule has 0 amide bonds. The molecule has 13 heavy (non-hydrogen) atoms. The SMILES string of the molecule is O=C(O)CN1CC(CCO)N=C1O. The van der Waals surface area contributed by atoms with Gasteiger partial charge in [0.1, 0.15) is 6.54 Å². The summed E-state index contributed by atoms with van der Waals surface area (Å²) in [4.78, 5) is 15.4. The third-order valence-electron chi connectivity index (χ3n) is 1.80. The van der Waals surface area contributed by atoms with Gasteiger partial charge in [0.25, 0.3) is 6.02 Å². The molecule has 0 aromatic rings. The molecule has 1 heterocycles. The predicted octanol–water partition coefficient (Wildman–Crippen LogP) is -0.948. The summed E-state index contributed by atoms with van der Waals surface area (Å²) in [5, 5.41) is 26.2. The summed E-state index contributed by atoms with van der Waals surface area (Å²) < 4.78 is 0. The van der Waals surface area contributed by atoms with Crippen molar-refractivity contribution in [3.05, 3.63) is 0 Å². The Morgan fingerprint density at radius 3 is 2.92 bits per heavy atom. The smallest absolute Gasteiger partial charge is 0.323 e. The van der Waals surface area contributed by atoms with Crippen LogP contribution in [0.4, 0.5) is 0 Å². The number of aliphatic hydroxyl groups excluding tert-OH is 2. The molecular formula is C7H12N2O4. The number of aliphatic imine (C=N–C) groups is 1. The first-order valence-electron chi connectivity index (χ1n) is 3.98. The largest absolute Gasteiger partial charge is 0.481 e. The maximum Gasteiger partial charge on any atom is 0.323 e. The van der Waals surface area contributed by atoms with Gasteiger partial charge in [-0.2, -0.15) is 0 Å². The number of nitrogens with zero attached hydrogens (tertiary/aromatic N) is 2. The van der Waals surface area contributed by atoms with Crippen molar-refractivity contribution < 1.29 is 20.1 Å². The Balaban J connectivity index is 2.45. The van der Waals surface area contributed by atoms with E-state index in [0.717, 1.165) is 0 Å². The molecular weight excluding hydrogens is 176 g/mol. The Hall–Kier alpha value is -1.30. The van der Waals surface area contributed by atoms with Crippen molar-refractivity contribution >= 4 is 12.0 Å². The molecule has 0 aromatic carbocycles. The van der Waals surface area contributed by atoms with Gasteiger partial charge in [0.05, 0.1) is 6.04 Å². The normalized spacial score (nSPS) is 21.8. The number of amidine groups is 1. The van der Waals surface area contributed by atoms with Crippen LogP contribution in [-0.4, -0.2) is 57.9 Å². The molecule has 1 aliphatic heterocycles. The average molecular weight is 188 g/mol. The molecule has 0 aromatic heterocycles. The van der Waals surface area contributed by atoms with Crippen LogP contribution in [0.5, 0.6) is 0 Å². The fourth-order valence-electron chi connectivity index (χ4n) is 1.23. The van der Waals surface area contributed by atoms with Gasteiger partial charge in [0.2, 0.25) is 0 Å². The molecule has 74 valence electrons. The third kappa shape index (κ3) is 2.59. The van der Waals surface area contributed by atoms with Crippen LogP contribution in [0, 0.1) is 0 Å². The Morgan fingerprint density at radius 2 is 2.38 bits per heavy atom. The number of rotatable bonds is 4. The molecule has 1 aliphatic rings. The summed E-state index contributed by atoms with van der Waals surface area (Å²) in [5.74, 6) is -1.01. The number of hydrogen-bond donors (Lipinski definition) is 3. The molecule has 0 spiro atoms. The highest BCUT2D eigenvalue weighted by Gasteiger charge is 2.25. The van der Waals surface area contributed by atoms with Crippen LogP contribution in [0.1, 0.15) is 6.42 Å². The maximum atomic E-state index is 10.3. The lowest BCUT2D eigenvalue weighted by Gasteiger charge is -2.13. The topological polar surface area (TPSA) is 93.4 Å². The summed E-state index contributed by atoms with van der Waals surface area (Å²) in [6.07, 6.45) is 0.445. The van der Waals surface area contributed by atoms with Gasteiger partial charge in [-0.15, -0.1) is 0 Å². The molecule has 0 fully saturated rings. The van der Waals surface area contributed by atoms with Crippen LogP contribution in [0.15, 0.2) is 4.99 Å². The van der Waals surface area contributed by atoms with E-state index in [-0.39, 0.29) is 25.2 Å². The molecule has 6 nitrogen and oxygen atoms in total. The monoisotopic (exact) mass is 188 g/mol. The molecule has 0 saturated carbocycles. The van der Waals surface area contributed by atoms with E-state index in [0.29, 0.717) is 13.0 Å². The van der Waals surface area contributed by atoms with Crippen LogP contribution in [0.3, 0.4) is 0 Å². The fraction of sp³-hybridized carbons (Fsp3) is 0.714. The van der Waals surface area contributed by atoms with Gasteiger partial charge in [-0.05, 0) is 6.42 Å². The zero-order valence-electron chi connectivity index (χ0n) is 7.05. The molecule has 0 aliphatic carbocycles. The zero-order valence-corrected chi connectivity index (χ0v) is 7.05. The fourth-order valence-corrected chi connectivity index (χ4v) is 1.23. The number of carboxylic acid groups (broad SMARTS) is 1. The second-order valence-electron chi connectivity index (χ2n) is 2.87. The molecule has 1 unspecified atom stereocenters. The average Bonchev–Trinajstić information content (AvgIpc) is 2.31. The van der Waals surface area contributed by atoms with Gasteiger partial charge in [-0.25, -0.2) is 4.99 Å². The van der Waals surface area contributed by atoms with E-state index < -0.39 is 5.97 Å². The molecule has 6 heteroatoms. The minimum Gasteiger partial charge on any atom is -0.481 e. The first-order valence-corrected chi connectivity index (χ1v) is 3.98. The van der Waals surface area contributed by atoms with E-state index in [2.05, 4.69) is 4.99 Å². The minimum absolute atomic E-state index is 0.0115. The van der Waals surface area contributed by atoms with Crippen molar-refractivity contribution in [2.45, 2.75) is 12.5 Å². The van der Waals surface area contributed by atoms with E-state index in [1.54, 1.807) is 0 Å². The summed E-state index contributed by atoms with van der Waals surface area (Å²) >= 11 is 0. The van der Waals surface area contributed by atoms with E-state index >= 15 is 0 Å². The lowest BCUT2D eigenvalue weighted by molar-refractivity contribution is -0.137. The minimum atomic E-state index is -1.01. The predicted molar refractivity (Wildman–Crippen MR) is 44.8 cm³/mol. The lowest BCUT2D eigenvalue weighted by Crippen LogP contribution is -2.34. The van der Waals surface area contributed by atoms with E-state index in [4.69, 9.17) is 15.3 Å². The highest BCUT2D eigenvalue weighted by atomic mass is 16.4. The van der Waals surface area contributed by atoms with E-state index in [1.807, 2.05) is 0 Å². The van der Waals surface area contributed by atoms with Crippen LogP contribution in [0.2, 0.25) is 0 Å². The Kier molecular flexibility index (Phi) is 3.07. The van der Waals surface area contributed by atoms with Gasteiger partial charge in [-0.3, -0.25) is 4.79 Å². The first kappa shape index (κ1) is 9.79. The number of aliphatic hydroxyl groups is 2. The van der Waals surface area contributed by atoms with Crippen molar-refractivity contribution in [1.82, 2.24) is 4.90 Å². The highest BCUT2D eigenvalue weighted by Crippen LogP contribution is 2.10. The molecule has 1 atom stereocenters. The van der Waals surface area contributed by atoms with Crippen LogP contribution >= 0.6 is 0 Å². The standard InChI is InChI=1S/C7H12N2O4/c10-2-1-5-3-9(4-6(11)12)7(13)8-5/h5,10H,1-4H2,(H,8,13)(H,11,12). The van der Waals surface area contributed by atoms with Gasteiger partial charge < -0.3 is 20.2 Å². The lowest BCUT2D eigenvalue weighted by atomic mass is 10.2. The number of aliphatic carboxylic acids is 1. The molecule has 0 radical (unpaired) electrons. The third-order valence-corrected chi connectivity index (χ3v) is 1.80. The second kappa shape index (κ2) is 4.08. The van der Waals surface area contributed by atoms with Gasteiger partial charge in [-0.1, -0.05) is 0 Å². The molecule has 0 bridgehead atoms. The van der Waals surface area contributed by atoms with Gasteiger partial charge >= 0.3 is 5.97 Å². The second-order valence-corrected chi connectivity index (χ2v) is 2.87. The van der Waals surface area contributed by atoms with E-state index in [9.17, 15) is 4.79 Å². The quantitative estimate of drug-likeness (QED) is 0.529. The number of carbonyl (C=O) groups is 1. The maximum absolute atomic E-state index is 10.3. The number of carboxylic acids is 1. The Bertz CT molecular complexity index is 229. The van der Waals surface area contributed by atoms with Crippen molar-refractivity contribution in [3.8, 4) is 0 Å². The molecule has 1 rings (SSSR count). The molecule has 3 N–H and O–H groups in total. The van der Waals surface area contributed by atoms with Gasteiger partial charge in [0.15, 0.2) is 0 Å². The van der Waals surface area contributed by atoms with Crippen molar-refractivity contribution in [3.63, 3.8) is 0 Å². The Morgan fingerprint density at radius 1 is 1.69 bits per heavy atom. The zero-order chi connectivity index (χ0) is 9.84. The van der Waals surface area contributed by atoms with Crippen LogP contribution in [0.25, 0.3) is 0 Å². The van der Waals surface area contributed by atoms with Crippen LogP contribution in [-0.2, 0) is 4.79 Å². The van der Waals surface area contributed by atoms with Crippen molar-refractivity contribution in [1.29, 1.82) is 0 Å². The summed E-state index contributed by atoms with van der Waals surface area (Å²) in [7, 11) is 0. The summed E-state index contributed by atoms with van der Waals surface area (Å²) in [5.41, 5.74) is 0.